The summed E-state index contributed by atoms with van der Waals surface area (Å²) in [4.78, 5) is 18.0. The highest BCUT2D eigenvalue weighted by Crippen LogP contribution is 2.17. The molecule has 7 nitrogen and oxygen atoms in total. The van der Waals surface area contributed by atoms with Crippen LogP contribution in [0.3, 0.4) is 0 Å². The highest BCUT2D eigenvalue weighted by atomic mass is 16.2. The molecule has 0 atom stereocenters. The van der Waals surface area contributed by atoms with E-state index in [-0.39, 0.29) is 5.91 Å². The van der Waals surface area contributed by atoms with Crippen molar-refractivity contribution in [3.63, 3.8) is 0 Å². The van der Waals surface area contributed by atoms with Gasteiger partial charge in [-0.1, -0.05) is 0 Å². The summed E-state index contributed by atoms with van der Waals surface area (Å²) in [7, 11) is 1.73. The number of aromatic nitrogens is 5. The number of carbonyl (C=O) groups is 1. The highest BCUT2D eigenvalue weighted by molar-refractivity contribution is 5.93. The molecule has 3 heterocycles. The molecule has 2 N–H and O–H groups in total. The fraction of sp³-hybridized carbons (Fsp3) is 0.200. The number of H-pyrrole nitrogens is 2. The van der Waals surface area contributed by atoms with Crippen molar-refractivity contribution < 1.29 is 4.79 Å². The van der Waals surface area contributed by atoms with Crippen LogP contribution >= 0.6 is 0 Å². The third-order valence-electron chi connectivity index (χ3n) is 3.27. The fourth-order valence-electron chi connectivity index (χ4n) is 2.17. The molecule has 1 amide bonds. The lowest BCUT2D eigenvalue weighted by molar-refractivity contribution is 0.0777. The Bertz CT molecular complexity index is 776. The van der Waals surface area contributed by atoms with E-state index in [1.807, 2.05) is 25.1 Å². The maximum atomic E-state index is 12.4. The SMILES string of the molecule is Cc1cc(CN(C)C(=O)c2cc(-c3cccnc3)n[nH]2)n[nH]1. The normalized spacial score (nSPS) is 10.6. The number of nitrogens with zero attached hydrogens (tertiary/aromatic N) is 4. The maximum absolute atomic E-state index is 12.4. The van der Waals surface area contributed by atoms with Gasteiger partial charge in [0.15, 0.2) is 0 Å². The highest BCUT2D eigenvalue weighted by Gasteiger charge is 2.16. The van der Waals surface area contributed by atoms with Crippen LogP contribution in [0, 0.1) is 6.92 Å². The average molecular weight is 296 g/mol. The van der Waals surface area contributed by atoms with E-state index < -0.39 is 0 Å². The summed E-state index contributed by atoms with van der Waals surface area (Å²) in [6.45, 7) is 2.36. The number of hydrogen-bond donors (Lipinski definition) is 2. The van der Waals surface area contributed by atoms with Gasteiger partial charge in [0.1, 0.15) is 5.69 Å². The Kier molecular flexibility index (Phi) is 3.69. The second kappa shape index (κ2) is 5.80. The van der Waals surface area contributed by atoms with Crippen molar-refractivity contribution in [3.8, 4) is 11.3 Å². The Labute approximate surface area is 127 Å². The van der Waals surface area contributed by atoms with E-state index in [2.05, 4.69) is 25.4 Å². The van der Waals surface area contributed by atoms with Crippen LogP contribution in [-0.2, 0) is 6.54 Å². The summed E-state index contributed by atoms with van der Waals surface area (Å²) in [6, 6.07) is 7.37. The minimum Gasteiger partial charge on any atom is -0.334 e. The molecular formula is C15H16N6O. The van der Waals surface area contributed by atoms with Crippen LogP contribution in [0.4, 0.5) is 0 Å². The van der Waals surface area contributed by atoms with Crippen molar-refractivity contribution in [2.75, 3.05) is 7.05 Å². The molecule has 3 aromatic rings. The molecule has 0 saturated carbocycles. The molecule has 112 valence electrons. The van der Waals surface area contributed by atoms with Gasteiger partial charge in [-0.25, -0.2) is 0 Å². The third-order valence-corrected chi connectivity index (χ3v) is 3.27. The van der Waals surface area contributed by atoms with Gasteiger partial charge < -0.3 is 4.90 Å². The molecular weight excluding hydrogens is 280 g/mol. The molecule has 0 radical (unpaired) electrons. The monoisotopic (exact) mass is 296 g/mol. The zero-order valence-electron chi connectivity index (χ0n) is 12.4. The first-order valence-corrected chi connectivity index (χ1v) is 6.85. The van der Waals surface area contributed by atoms with E-state index in [4.69, 9.17) is 0 Å². The standard InChI is InChI=1S/C15H16N6O/c1-10-6-12(18-17-10)9-21(2)15(22)14-7-13(19-20-14)11-4-3-5-16-8-11/h3-8H,9H2,1-2H3,(H,17,18)(H,19,20). The lowest BCUT2D eigenvalue weighted by atomic mass is 10.2. The first-order chi connectivity index (χ1) is 10.6. The number of aromatic amines is 2. The van der Waals surface area contributed by atoms with Crippen LogP contribution < -0.4 is 0 Å². The van der Waals surface area contributed by atoms with Crippen LogP contribution in [0.25, 0.3) is 11.3 Å². The van der Waals surface area contributed by atoms with Crippen LogP contribution in [0.5, 0.6) is 0 Å². The molecule has 0 aromatic carbocycles. The maximum Gasteiger partial charge on any atom is 0.271 e. The summed E-state index contributed by atoms with van der Waals surface area (Å²) in [6.07, 6.45) is 3.41. The van der Waals surface area contributed by atoms with E-state index in [1.54, 1.807) is 30.4 Å². The van der Waals surface area contributed by atoms with E-state index >= 15 is 0 Å². The predicted molar refractivity (Wildman–Crippen MR) is 80.9 cm³/mol. The summed E-state index contributed by atoms with van der Waals surface area (Å²) in [5.41, 5.74) is 3.79. The molecule has 3 aromatic heterocycles. The van der Waals surface area contributed by atoms with Crippen molar-refractivity contribution in [1.29, 1.82) is 0 Å². The number of aryl methyl sites for hydroxylation is 1. The molecule has 7 heteroatoms. The van der Waals surface area contributed by atoms with Gasteiger partial charge in [0.05, 0.1) is 17.9 Å². The van der Waals surface area contributed by atoms with Crippen molar-refractivity contribution in [1.82, 2.24) is 30.3 Å². The van der Waals surface area contributed by atoms with Gasteiger partial charge in [0.25, 0.3) is 5.91 Å². The number of hydrogen-bond acceptors (Lipinski definition) is 4. The van der Waals surface area contributed by atoms with Crippen LogP contribution in [0.1, 0.15) is 21.9 Å². The second-order valence-corrected chi connectivity index (χ2v) is 5.11. The number of carbonyl (C=O) groups excluding carboxylic acids is 1. The van der Waals surface area contributed by atoms with Crippen LogP contribution in [0.15, 0.2) is 36.7 Å². The van der Waals surface area contributed by atoms with Crippen molar-refractivity contribution in [2.24, 2.45) is 0 Å². The molecule has 0 aliphatic heterocycles. The van der Waals surface area contributed by atoms with Crippen LogP contribution in [0.2, 0.25) is 0 Å². The van der Waals surface area contributed by atoms with Gasteiger partial charge in [-0.15, -0.1) is 0 Å². The summed E-state index contributed by atoms with van der Waals surface area (Å²) in [5.74, 6) is -0.136. The Balaban J connectivity index is 1.74. The van der Waals surface area contributed by atoms with Crippen molar-refractivity contribution >= 4 is 5.91 Å². The topological polar surface area (TPSA) is 90.6 Å². The molecule has 0 unspecified atom stereocenters. The Morgan fingerprint density at radius 2 is 2.14 bits per heavy atom. The minimum absolute atomic E-state index is 0.136. The summed E-state index contributed by atoms with van der Waals surface area (Å²) < 4.78 is 0. The molecule has 22 heavy (non-hydrogen) atoms. The summed E-state index contributed by atoms with van der Waals surface area (Å²) in [5, 5.41) is 13.9. The average Bonchev–Trinajstić information content (AvgIpc) is 3.17. The van der Waals surface area contributed by atoms with Crippen molar-refractivity contribution in [2.45, 2.75) is 13.5 Å². The van der Waals surface area contributed by atoms with Crippen LogP contribution in [-0.4, -0.2) is 43.2 Å². The largest absolute Gasteiger partial charge is 0.334 e. The van der Waals surface area contributed by atoms with Gasteiger partial charge in [-0.2, -0.15) is 10.2 Å². The third kappa shape index (κ3) is 2.88. The number of amides is 1. The molecule has 0 bridgehead atoms. The van der Waals surface area contributed by atoms with E-state index in [0.717, 1.165) is 17.0 Å². The number of nitrogens with one attached hydrogen (secondary N) is 2. The van der Waals surface area contributed by atoms with E-state index in [9.17, 15) is 4.79 Å². The Morgan fingerprint density at radius 3 is 2.82 bits per heavy atom. The molecule has 0 aliphatic rings. The molecule has 0 aliphatic carbocycles. The Morgan fingerprint density at radius 1 is 1.27 bits per heavy atom. The zero-order chi connectivity index (χ0) is 15.5. The first-order valence-electron chi connectivity index (χ1n) is 6.85. The molecule has 3 rings (SSSR count). The number of pyridine rings is 1. The van der Waals surface area contributed by atoms with Gasteiger partial charge in [-0.05, 0) is 31.2 Å². The van der Waals surface area contributed by atoms with E-state index in [1.165, 1.54) is 0 Å². The van der Waals surface area contributed by atoms with Gasteiger partial charge >= 0.3 is 0 Å². The lowest BCUT2D eigenvalue weighted by Crippen LogP contribution is -2.26. The molecule has 0 saturated heterocycles. The fourth-order valence-corrected chi connectivity index (χ4v) is 2.17. The first kappa shape index (κ1) is 14.0. The predicted octanol–water partition coefficient (Wildman–Crippen LogP) is 1.78. The molecule has 0 fully saturated rings. The van der Waals surface area contributed by atoms with Gasteiger partial charge in [-0.3, -0.25) is 20.0 Å². The van der Waals surface area contributed by atoms with Gasteiger partial charge in [0.2, 0.25) is 0 Å². The summed E-state index contributed by atoms with van der Waals surface area (Å²) >= 11 is 0. The lowest BCUT2D eigenvalue weighted by Gasteiger charge is -2.14. The van der Waals surface area contributed by atoms with Crippen molar-refractivity contribution in [3.05, 3.63) is 53.7 Å². The van der Waals surface area contributed by atoms with E-state index in [0.29, 0.717) is 17.9 Å². The number of rotatable bonds is 4. The quantitative estimate of drug-likeness (QED) is 0.767. The smallest absolute Gasteiger partial charge is 0.271 e. The Hall–Kier alpha value is -2.96. The second-order valence-electron chi connectivity index (χ2n) is 5.11. The zero-order valence-corrected chi connectivity index (χ0v) is 12.4. The molecule has 0 spiro atoms. The minimum atomic E-state index is -0.136. The van der Waals surface area contributed by atoms with Gasteiger partial charge in [0, 0.05) is 30.7 Å².